The van der Waals surface area contributed by atoms with Crippen molar-refractivity contribution in [2.45, 2.75) is 0 Å². The number of rotatable bonds is 1. The van der Waals surface area contributed by atoms with Crippen molar-refractivity contribution in [1.29, 1.82) is 0 Å². The van der Waals surface area contributed by atoms with Crippen LogP contribution in [0.15, 0.2) is 23.4 Å². The molecule has 0 saturated carbocycles. The largest absolute Gasteiger partial charge is 0.493 e. The molecule has 0 unspecified atom stereocenters. The third-order valence-corrected chi connectivity index (χ3v) is 2.14. The van der Waals surface area contributed by atoms with Crippen LogP contribution >= 0.6 is 11.6 Å². The van der Waals surface area contributed by atoms with Crippen molar-refractivity contribution in [3.63, 3.8) is 0 Å². The molecule has 2 aromatic rings. The molecule has 0 radical (unpaired) electrons. The molecular formula is C8H5ClN2O2. The highest BCUT2D eigenvalue weighted by Crippen LogP contribution is 2.37. The highest BCUT2D eigenvalue weighted by atomic mass is 35.5. The first kappa shape index (κ1) is 8.07. The fourth-order valence-electron chi connectivity index (χ4n) is 1.25. The predicted molar refractivity (Wildman–Crippen MR) is 50.4 cm³/mol. The van der Waals surface area contributed by atoms with Crippen LogP contribution in [0.4, 0.5) is 5.69 Å². The molecule has 0 amide bonds. The maximum atomic E-state index is 10.3. The molecule has 2 rings (SSSR count). The van der Waals surface area contributed by atoms with E-state index in [4.69, 9.17) is 11.6 Å². The molecule has 1 heterocycles. The predicted octanol–water partition coefficient (Wildman–Crippen LogP) is 2.92. The average Bonchev–Trinajstić information content (AvgIpc) is 2.43. The van der Waals surface area contributed by atoms with Crippen LogP contribution in [-0.2, 0) is 0 Å². The second kappa shape index (κ2) is 2.74. The number of aromatic hydroxyl groups is 1. The summed E-state index contributed by atoms with van der Waals surface area (Å²) in [5.74, 6) is -0.252. The zero-order valence-electron chi connectivity index (χ0n) is 6.41. The summed E-state index contributed by atoms with van der Waals surface area (Å²) >= 11 is 5.81. The number of benzene rings is 1. The number of nitroso groups, excluding NO2 is 1. The number of H-pyrrole nitrogens is 1. The molecule has 2 N–H and O–H groups in total. The van der Waals surface area contributed by atoms with Crippen LogP contribution in [0.25, 0.3) is 10.9 Å². The fourth-order valence-corrected chi connectivity index (χ4v) is 1.47. The smallest absolute Gasteiger partial charge is 0.219 e. The van der Waals surface area contributed by atoms with Gasteiger partial charge >= 0.3 is 0 Å². The highest BCUT2D eigenvalue weighted by molar-refractivity contribution is 6.35. The SMILES string of the molecule is O=Nc1c(O)[nH]c2c(Cl)cccc12. The van der Waals surface area contributed by atoms with Crippen molar-refractivity contribution in [3.05, 3.63) is 28.1 Å². The standard InChI is InChI=1S/C8H5ClN2O2/c9-5-3-1-2-4-6(5)10-8(12)7(4)11-13/h1-3,10,12H. The van der Waals surface area contributed by atoms with Gasteiger partial charge in [-0.1, -0.05) is 23.7 Å². The highest BCUT2D eigenvalue weighted by Gasteiger charge is 2.12. The van der Waals surface area contributed by atoms with Gasteiger partial charge in [-0.3, -0.25) is 0 Å². The molecule has 13 heavy (non-hydrogen) atoms. The lowest BCUT2D eigenvalue weighted by Gasteiger charge is -1.90. The molecule has 1 aromatic heterocycles. The number of hydrogen-bond donors (Lipinski definition) is 2. The molecule has 0 aliphatic rings. The summed E-state index contributed by atoms with van der Waals surface area (Å²) < 4.78 is 0. The van der Waals surface area contributed by atoms with E-state index in [-0.39, 0.29) is 11.6 Å². The Morgan fingerprint density at radius 3 is 2.92 bits per heavy atom. The van der Waals surface area contributed by atoms with Crippen molar-refractivity contribution in [2.24, 2.45) is 5.18 Å². The van der Waals surface area contributed by atoms with Crippen LogP contribution in [-0.4, -0.2) is 10.1 Å². The van der Waals surface area contributed by atoms with Gasteiger partial charge in [-0.2, -0.15) is 0 Å². The van der Waals surface area contributed by atoms with Crippen molar-refractivity contribution in [2.75, 3.05) is 0 Å². The number of aromatic amines is 1. The van der Waals surface area contributed by atoms with E-state index < -0.39 is 0 Å². The first-order valence-corrected chi connectivity index (χ1v) is 3.94. The van der Waals surface area contributed by atoms with E-state index in [0.29, 0.717) is 15.9 Å². The minimum absolute atomic E-state index is 0.00231. The van der Waals surface area contributed by atoms with Crippen LogP contribution in [0.5, 0.6) is 5.88 Å². The Kier molecular flexibility index (Phi) is 1.70. The maximum absolute atomic E-state index is 10.3. The van der Waals surface area contributed by atoms with Crippen LogP contribution in [0.1, 0.15) is 0 Å². The van der Waals surface area contributed by atoms with Crippen molar-refractivity contribution in [1.82, 2.24) is 4.98 Å². The summed E-state index contributed by atoms with van der Waals surface area (Å²) in [7, 11) is 0. The van der Waals surface area contributed by atoms with E-state index in [1.807, 2.05) is 0 Å². The molecule has 0 atom stereocenters. The van der Waals surface area contributed by atoms with Gasteiger partial charge < -0.3 is 10.1 Å². The Balaban J connectivity index is 2.93. The molecule has 4 nitrogen and oxygen atoms in total. The normalized spacial score (nSPS) is 10.5. The van der Waals surface area contributed by atoms with Crippen molar-refractivity contribution in [3.8, 4) is 5.88 Å². The molecule has 0 fully saturated rings. The molecule has 0 saturated heterocycles. The Morgan fingerprint density at radius 2 is 2.23 bits per heavy atom. The number of nitrogens with one attached hydrogen (secondary N) is 1. The summed E-state index contributed by atoms with van der Waals surface area (Å²) in [6.07, 6.45) is 0. The third kappa shape index (κ3) is 1.07. The van der Waals surface area contributed by atoms with Crippen molar-refractivity contribution < 1.29 is 5.11 Å². The fraction of sp³-hybridized carbons (Fsp3) is 0. The summed E-state index contributed by atoms with van der Waals surface area (Å²) in [5, 5.41) is 12.9. The zero-order valence-corrected chi connectivity index (χ0v) is 7.17. The molecule has 66 valence electrons. The first-order valence-electron chi connectivity index (χ1n) is 3.56. The van der Waals surface area contributed by atoms with Crippen LogP contribution in [0.3, 0.4) is 0 Å². The number of para-hydroxylation sites is 1. The zero-order chi connectivity index (χ0) is 9.42. The Labute approximate surface area is 78.1 Å². The lowest BCUT2D eigenvalue weighted by molar-refractivity contribution is 0.460. The first-order chi connectivity index (χ1) is 6.24. The molecule has 0 aliphatic carbocycles. The molecular weight excluding hydrogens is 192 g/mol. The minimum atomic E-state index is -0.252. The molecule has 0 aliphatic heterocycles. The van der Waals surface area contributed by atoms with Gasteiger partial charge in [0.25, 0.3) is 0 Å². The molecule has 0 bridgehead atoms. The number of aromatic nitrogens is 1. The van der Waals surface area contributed by atoms with Crippen molar-refractivity contribution >= 4 is 28.2 Å². The second-order valence-electron chi connectivity index (χ2n) is 2.58. The third-order valence-electron chi connectivity index (χ3n) is 1.83. The second-order valence-corrected chi connectivity index (χ2v) is 2.98. The van der Waals surface area contributed by atoms with Gasteiger partial charge in [0.2, 0.25) is 5.88 Å². The van der Waals surface area contributed by atoms with Crippen LogP contribution in [0, 0.1) is 4.91 Å². The summed E-state index contributed by atoms with van der Waals surface area (Å²) in [4.78, 5) is 12.9. The topological polar surface area (TPSA) is 65.4 Å². The van der Waals surface area contributed by atoms with Crippen LogP contribution < -0.4 is 0 Å². The number of nitrogens with zero attached hydrogens (tertiary/aromatic N) is 1. The monoisotopic (exact) mass is 196 g/mol. The van der Waals surface area contributed by atoms with Gasteiger partial charge in [-0.25, -0.2) is 0 Å². The summed E-state index contributed by atoms with van der Waals surface area (Å²) in [5.41, 5.74) is 0.522. The van der Waals surface area contributed by atoms with E-state index in [1.54, 1.807) is 18.2 Å². The van der Waals surface area contributed by atoms with E-state index in [1.165, 1.54) is 0 Å². The average molecular weight is 197 g/mol. The van der Waals surface area contributed by atoms with Crippen LogP contribution in [0.2, 0.25) is 5.02 Å². The Hall–Kier alpha value is -1.55. The number of halogens is 1. The van der Waals surface area contributed by atoms with Gasteiger partial charge in [0, 0.05) is 5.39 Å². The minimum Gasteiger partial charge on any atom is -0.493 e. The van der Waals surface area contributed by atoms with E-state index >= 15 is 0 Å². The molecule has 0 spiro atoms. The van der Waals surface area contributed by atoms with Gasteiger partial charge in [0.05, 0.1) is 10.5 Å². The summed E-state index contributed by atoms with van der Waals surface area (Å²) in [6.45, 7) is 0. The maximum Gasteiger partial charge on any atom is 0.219 e. The lowest BCUT2D eigenvalue weighted by atomic mass is 10.2. The van der Waals surface area contributed by atoms with E-state index in [9.17, 15) is 10.0 Å². The van der Waals surface area contributed by atoms with Gasteiger partial charge in [0.15, 0.2) is 5.69 Å². The molecule has 1 aromatic carbocycles. The Bertz CT molecular complexity index is 478. The van der Waals surface area contributed by atoms with E-state index in [0.717, 1.165) is 0 Å². The van der Waals surface area contributed by atoms with Gasteiger partial charge in [-0.15, -0.1) is 4.91 Å². The Morgan fingerprint density at radius 1 is 1.46 bits per heavy atom. The van der Waals surface area contributed by atoms with E-state index in [2.05, 4.69) is 10.2 Å². The van der Waals surface area contributed by atoms with Gasteiger partial charge in [-0.05, 0) is 11.2 Å². The lowest BCUT2D eigenvalue weighted by Crippen LogP contribution is -1.68. The number of hydrogen-bond acceptors (Lipinski definition) is 3. The quantitative estimate of drug-likeness (QED) is 0.689. The molecule has 5 heteroatoms. The number of fused-ring (bicyclic) bond motifs is 1. The summed E-state index contributed by atoms with van der Waals surface area (Å²) in [6, 6.07) is 5.01. The van der Waals surface area contributed by atoms with Gasteiger partial charge in [0.1, 0.15) is 0 Å².